The van der Waals surface area contributed by atoms with Crippen LogP contribution in [0.15, 0.2) is 24.3 Å². The molecule has 122 valence electrons. The molecule has 1 unspecified atom stereocenters. The largest absolute Gasteiger partial charge is 0.355 e. The molecule has 1 amide bonds. The minimum absolute atomic E-state index is 0.0586. The van der Waals surface area contributed by atoms with Crippen LogP contribution in [0.1, 0.15) is 69.9 Å². The van der Waals surface area contributed by atoms with Crippen LogP contribution < -0.4 is 5.32 Å². The molecule has 1 atom stereocenters. The molecular weight excluding hydrogens is 270 g/mol. The highest BCUT2D eigenvalue weighted by Crippen LogP contribution is 2.23. The Kier molecular flexibility index (Phi) is 6.48. The Morgan fingerprint density at radius 3 is 2.32 bits per heavy atom. The van der Waals surface area contributed by atoms with E-state index in [-0.39, 0.29) is 11.8 Å². The van der Waals surface area contributed by atoms with E-state index in [0.29, 0.717) is 11.8 Å². The number of hydrogen-bond donors (Lipinski definition) is 1. The van der Waals surface area contributed by atoms with Crippen LogP contribution in [-0.2, 0) is 11.2 Å². The molecule has 0 bridgehead atoms. The first kappa shape index (κ1) is 17.1. The molecule has 2 heteroatoms. The molecule has 1 aliphatic carbocycles. The third kappa shape index (κ3) is 5.15. The number of hydrogen-bond acceptors (Lipinski definition) is 1. The highest BCUT2D eigenvalue weighted by Gasteiger charge is 2.18. The van der Waals surface area contributed by atoms with Crippen molar-refractivity contribution in [3.05, 3.63) is 35.4 Å². The maximum atomic E-state index is 12.3. The van der Waals surface area contributed by atoms with Gasteiger partial charge in [0.25, 0.3) is 0 Å². The maximum Gasteiger partial charge on any atom is 0.227 e. The molecular formula is C20H31NO. The van der Waals surface area contributed by atoms with Crippen LogP contribution in [0.4, 0.5) is 0 Å². The van der Waals surface area contributed by atoms with Crippen LogP contribution in [0, 0.1) is 11.8 Å². The molecule has 0 spiro atoms. The van der Waals surface area contributed by atoms with Gasteiger partial charge in [0.2, 0.25) is 5.91 Å². The van der Waals surface area contributed by atoms with Crippen molar-refractivity contribution in [1.82, 2.24) is 5.32 Å². The third-order valence-corrected chi connectivity index (χ3v) is 4.81. The lowest BCUT2D eigenvalue weighted by molar-refractivity contribution is -0.122. The van der Waals surface area contributed by atoms with Crippen LogP contribution in [0.3, 0.4) is 0 Å². The molecule has 1 N–H and O–H groups in total. The van der Waals surface area contributed by atoms with Crippen LogP contribution in [0.2, 0.25) is 0 Å². The molecule has 1 saturated carbocycles. The van der Waals surface area contributed by atoms with Gasteiger partial charge in [-0.25, -0.2) is 0 Å². The Morgan fingerprint density at radius 2 is 1.73 bits per heavy atom. The standard InChI is InChI=1S/C20H31NO/c1-15(2)13-17-9-11-19(12-10-17)16(3)20(22)21-14-18-7-5-4-6-8-18/h9-12,15-16,18H,4-8,13-14H2,1-3H3,(H,21,22). The van der Waals surface area contributed by atoms with Gasteiger partial charge >= 0.3 is 0 Å². The molecule has 0 heterocycles. The first-order valence-corrected chi connectivity index (χ1v) is 8.92. The van der Waals surface area contributed by atoms with Crippen molar-refractivity contribution in [3.63, 3.8) is 0 Å². The van der Waals surface area contributed by atoms with Gasteiger partial charge in [-0.1, -0.05) is 57.4 Å². The number of carbonyl (C=O) groups excluding carboxylic acids is 1. The minimum atomic E-state index is -0.0586. The highest BCUT2D eigenvalue weighted by molar-refractivity contribution is 5.83. The zero-order valence-corrected chi connectivity index (χ0v) is 14.4. The van der Waals surface area contributed by atoms with Crippen molar-refractivity contribution in [2.24, 2.45) is 11.8 Å². The lowest BCUT2D eigenvalue weighted by Crippen LogP contribution is -2.33. The van der Waals surface area contributed by atoms with E-state index in [4.69, 9.17) is 0 Å². The molecule has 1 aromatic carbocycles. The van der Waals surface area contributed by atoms with Crippen molar-refractivity contribution < 1.29 is 4.79 Å². The van der Waals surface area contributed by atoms with Gasteiger partial charge in [0.05, 0.1) is 5.92 Å². The summed E-state index contributed by atoms with van der Waals surface area (Å²) in [6.45, 7) is 7.33. The van der Waals surface area contributed by atoms with Crippen molar-refractivity contribution in [3.8, 4) is 0 Å². The molecule has 2 nitrogen and oxygen atoms in total. The summed E-state index contributed by atoms with van der Waals surface area (Å²) in [6, 6.07) is 8.56. The number of amides is 1. The quantitative estimate of drug-likeness (QED) is 0.811. The first-order chi connectivity index (χ1) is 10.6. The lowest BCUT2D eigenvalue weighted by atomic mass is 9.89. The second-order valence-corrected chi connectivity index (χ2v) is 7.31. The van der Waals surface area contributed by atoms with Crippen LogP contribution in [0.25, 0.3) is 0 Å². The fourth-order valence-corrected chi connectivity index (χ4v) is 3.35. The number of nitrogens with one attached hydrogen (secondary N) is 1. The second-order valence-electron chi connectivity index (χ2n) is 7.31. The van der Waals surface area contributed by atoms with Gasteiger partial charge in [0, 0.05) is 6.54 Å². The summed E-state index contributed by atoms with van der Waals surface area (Å²) in [5, 5.41) is 3.16. The molecule has 1 aromatic rings. The number of carbonyl (C=O) groups is 1. The van der Waals surface area contributed by atoms with E-state index in [1.165, 1.54) is 37.7 Å². The zero-order chi connectivity index (χ0) is 15.9. The SMILES string of the molecule is CC(C)Cc1ccc(C(C)C(=O)NCC2CCCCC2)cc1. The van der Waals surface area contributed by atoms with E-state index in [1.807, 2.05) is 6.92 Å². The molecule has 1 fully saturated rings. The van der Waals surface area contributed by atoms with E-state index in [9.17, 15) is 4.79 Å². The van der Waals surface area contributed by atoms with E-state index in [2.05, 4.69) is 43.4 Å². The van der Waals surface area contributed by atoms with Crippen molar-refractivity contribution in [1.29, 1.82) is 0 Å². The highest BCUT2D eigenvalue weighted by atomic mass is 16.1. The summed E-state index contributed by atoms with van der Waals surface area (Å²) < 4.78 is 0. The van der Waals surface area contributed by atoms with Gasteiger partial charge in [-0.3, -0.25) is 4.79 Å². The van der Waals surface area contributed by atoms with Crippen molar-refractivity contribution >= 4 is 5.91 Å². The minimum Gasteiger partial charge on any atom is -0.355 e. The zero-order valence-electron chi connectivity index (χ0n) is 14.4. The Bertz CT molecular complexity index is 457. The predicted octanol–water partition coefficient (Wildman–Crippen LogP) is 4.69. The average molecular weight is 301 g/mol. The number of rotatable bonds is 6. The Labute approximate surface area is 135 Å². The fourth-order valence-electron chi connectivity index (χ4n) is 3.35. The maximum absolute atomic E-state index is 12.3. The fraction of sp³-hybridized carbons (Fsp3) is 0.650. The Balaban J connectivity index is 1.84. The lowest BCUT2D eigenvalue weighted by Gasteiger charge is -2.22. The monoisotopic (exact) mass is 301 g/mol. The average Bonchev–Trinajstić information content (AvgIpc) is 2.53. The molecule has 2 rings (SSSR count). The second kappa shape index (κ2) is 8.36. The van der Waals surface area contributed by atoms with E-state index in [0.717, 1.165) is 18.5 Å². The molecule has 0 aliphatic heterocycles. The smallest absolute Gasteiger partial charge is 0.227 e. The van der Waals surface area contributed by atoms with E-state index in [1.54, 1.807) is 0 Å². The van der Waals surface area contributed by atoms with Crippen molar-refractivity contribution in [2.45, 2.75) is 65.2 Å². The predicted molar refractivity (Wildman–Crippen MR) is 93.0 cm³/mol. The summed E-state index contributed by atoms with van der Waals surface area (Å²) >= 11 is 0. The van der Waals surface area contributed by atoms with Crippen LogP contribution >= 0.6 is 0 Å². The van der Waals surface area contributed by atoms with Gasteiger partial charge in [-0.05, 0) is 49.1 Å². The number of benzene rings is 1. The molecule has 0 saturated heterocycles. The van der Waals surface area contributed by atoms with Crippen molar-refractivity contribution in [2.75, 3.05) is 6.54 Å². The Morgan fingerprint density at radius 1 is 1.09 bits per heavy atom. The molecule has 0 aromatic heterocycles. The summed E-state index contributed by atoms with van der Waals surface area (Å²) in [4.78, 5) is 12.3. The van der Waals surface area contributed by atoms with Gasteiger partial charge in [0.15, 0.2) is 0 Å². The first-order valence-electron chi connectivity index (χ1n) is 8.92. The van der Waals surface area contributed by atoms with Gasteiger partial charge < -0.3 is 5.32 Å². The summed E-state index contributed by atoms with van der Waals surface area (Å²) in [7, 11) is 0. The van der Waals surface area contributed by atoms with Crippen LogP contribution in [-0.4, -0.2) is 12.5 Å². The summed E-state index contributed by atoms with van der Waals surface area (Å²) in [5.74, 6) is 1.47. The normalized spacial score (nSPS) is 17.5. The molecule has 1 aliphatic rings. The molecule has 22 heavy (non-hydrogen) atoms. The van der Waals surface area contributed by atoms with Gasteiger partial charge in [-0.15, -0.1) is 0 Å². The topological polar surface area (TPSA) is 29.1 Å². The van der Waals surface area contributed by atoms with Gasteiger partial charge in [0.1, 0.15) is 0 Å². The van der Waals surface area contributed by atoms with E-state index >= 15 is 0 Å². The Hall–Kier alpha value is -1.31. The summed E-state index contributed by atoms with van der Waals surface area (Å²) in [5.41, 5.74) is 2.47. The summed E-state index contributed by atoms with van der Waals surface area (Å²) in [6.07, 6.45) is 7.67. The van der Waals surface area contributed by atoms with Crippen LogP contribution in [0.5, 0.6) is 0 Å². The molecule has 0 radical (unpaired) electrons. The van der Waals surface area contributed by atoms with E-state index < -0.39 is 0 Å². The van der Waals surface area contributed by atoms with Gasteiger partial charge in [-0.2, -0.15) is 0 Å². The third-order valence-electron chi connectivity index (χ3n) is 4.81.